The van der Waals surface area contributed by atoms with Crippen molar-refractivity contribution in [2.24, 2.45) is 22.9 Å². The summed E-state index contributed by atoms with van der Waals surface area (Å²) in [6, 6.07) is 9.25. The molecule has 0 spiro atoms. The summed E-state index contributed by atoms with van der Waals surface area (Å²) >= 11 is 0. The number of aromatic carboxylic acids is 2. The molecule has 0 aliphatic rings. The standard InChI is InChI=1S/2C6H5NO2.2CH5N3/c2*8-6(9)5-3-1-2-4-7-5;2*2-1(3)4/h2*1-4H,(H,8,9);2*(H5,2,3,4). The van der Waals surface area contributed by atoms with Crippen molar-refractivity contribution in [3.63, 3.8) is 0 Å². The predicted octanol–water partition coefficient (Wildman–Crippen LogP) is -7.07. The zero-order chi connectivity index (χ0) is 20.5. The van der Waals surface area contributed by atoms with Gasteiger partial charge < -0.3 is 19.8 Å². The average Bonchev–Trinajstić information content (AvgIpc) is 2.56. The first-order chi connectivity index (χ1) is 12.1. The molecular formula is C14H20N8O4. The van der Waals surface area contributed by atoms with Gasteiger partial charge in [-0.2, -0.15) is 0 Å². The van der Waals surface area contributed by atoms with Crippen LogP contribution in [0.2, 0.25) is 0 Å². The monoisotopic (exact) mass is 364 g/mol. The first kappa shape index (κ1) is 24.0. The van der Waals surface area contributed by atoms with Gasteiger partial charge in [0, 0.05) is 12.4 Å². The fraction of sp³-hybridized carbons (Fsp3) is 0. The molecule has 0 radical (unpaired) electrons. The molecule has 2 aromatic rings. The van der Waals surface area contributed by atoms with Gasteiger partial charge in [-0.25, -0.2) is 0 Å². The van der Waals surface area contributed by atoms with Crippen LogP contribution in [0, 0.1) is 0 Å². The molecule has 12 heteroatoms. The zero-order valence-electron chi connectivity index (χ0n) is 13.6. The Kier molecular flexibility index (Phi) is 13.3. The van der Waals surface area contributed by atoms with E-state index in [0.29, 0.717) is 0 Å². The molecule has 2 aromatic heterocycles. The number of carbonyl (C=O) groups is 2. The van der Waals surface area contributed by atoms with Crippen LogP contribution in [0.1, 0.15) is 21.0 Å². The van der Waals surface area contributed by atoms with Crippen LogP contribution in [0.25, 0.3) is 0 Å². The minimum atomic E-state index is -1.24. The van der Waals surface area contributed by atoms with Crippen LogP contribution in [0.4, 0.5) is 0 Å². The second-order valence-corrected chi connectivity index (χ2v) is 4.00. The van der Waals surface area contributed by atoms with Crippen LogP contribution in [-0.2, 0) is 0 Å². The number of nitrogens with two attached hydrogens (primary N) is 6. The Hall–Kier alpha value is -4.22. The van der Waals surface area contributed by atoms with E-state index >= 15 is 0 Å². The second kappa shape index (κ2) is 14.4. The molecule has 0 aliphatic carbocycles. The van der Waals surface area contributed by atoms with Crippen molar-refractivity contribution in [1.29, 1.82) is 0 Å². The van der Waals surface area contributed by atoms with Gasteiger partial charge in [-0.1, -0.05) is 12.1 Å². The molecule has 0 unspecified atom stereocenters. The smallest absolute Gasteiger partial charge is 0.336 e. The molecule has 26 heavy (non-hydrogen) atoms. The molecule has 2 heterocycles. The van der Waals surface area contributed by atoms with Gasteiger partial charge in [0.15, 0.2) is 0 Å². The van der Waals surface area contributed by atoms with E-state index in [-0.39, 0.29) is 23.3 Å². The van der Waals surface area contributed by atoms with Crippen LogP contribution in [-0.4, -0.2) is 33.8 Å². The van der Waals surface area contributed by atoms with Crippen molar-refractivity contribution in [2.75, 3.05) is 0 Å². The SMILES string of the molecule is NC(N)=[NH2+].NC(N)=[NH2+].O=C([O-])c1ccccn1.O=C([O-])c1ccccn1. The molecule has 0 amide bonds. The summed E-state index contributed by atoms with van der Waals surface area (Å²) in [6.45, 7) is 0. The number of carboxylic acid groups (broad SMARTS) is 2. The maximum absolute atomic E-state index is 10.0. The third kappa shape index (κ3) is 17.8. The van der Waals surface area contributed by atoms with Gasteiger partial charge in [-0.3, -0.25) is 43.7 Å². The number of nitrogens with zero attached hydrogens (tertiary/aromatic N) is 2. The Balaban J connectivity index is 0. The summed E-state index contributed by atoms with van der Waals surface area (Å²) in [5.74, 6) is -2.65. The van der Waals surface area contributed by atoms with E-state index in [2.05, 4.69) is 43.7 Å². The predicted molar refractivity (Wildman–Crippen MR) is 87.7 cm³/mol. The van der Waals surface area contributed by atoms with E-state index < -0.39 is 11.9 Å². The third-order valence-corrected chi connectivity index (χ3v) is 1.75. The number of carboxylic acids is 2. The Bertz CT molecular complexity index is 625. The lowest BCUT2D eigenvalue weighted by Crippen LogP contribution is -2.51. The van der Waals surface area contributed by atoms with Gasteiger partial charge >= 0.3 is 11.9 Å². The summed E-state index contributed by atoms with van der Waals surface area (Å²) in [7, 11) is 0. The van der Waals surface area contributed by atoms with Crippen molar-refractivity contribution in [3.05, 3.63) is 60.2 Å². The van der Waals surface area contributed by atoms with E-state index in [1.165, 1.54) is 24.5 Å². The first-order valence-corrected chi connectivity index (χ1v) is 6.59. The summed E-state index contributed by atoms with van der Waals surface area (Å²) in [4.78, 5) is 27.1. The summed E-state index contributed by atoms with van der Waals surface area (Å²) in [5.41, 5.74) is 18.3. The number of pyridine rings is 2. The Morgan fingerprint density at radius 1 is 0.731 bits per heavy atom. The van der Waals surface area contributed by atoms with Gasteiger partial charge in [0.25, 0.3) is 0 Å². The Labute approximate surface area is 148 Å². The molecule has 2 rings (SSSR count). The number of hydrogen-bond donors (Lipinski definition) is 6. The molecule has 0 saturated carbocycles. The summed E-state index contributed by atoms with van der Waals surface area (Å²) in [6.07, 6.45) is 2.82. The van der Waals surface area contributed by atoms with Crippen LogP contribution >= 0.6 is 0 Å². The molecule has 0 aromatic carbocycles. The zero-order valence-corrected chi connectivity index (χ0v) is 13.6. The fourth-order valence-corrected chi connectivity index (χ4v) is 0.967. The fourth-order valence-electron chi connectivity index (χ4n) is 0.967. The largest absolute Gasteiger partial charge is 0.543 e. The van der Waals surface area contributed by atoms with Crippen LogP contribution in [0.15, 0.2) is 48.8 Å². The van der Waals surface area contributed by atoms with Crippen molar-refractivity contribution in [2.45, 2.75) is 0 Å². The highest BCUT2D eigenvalue weighted by Gasteiger charge is 1.88. The van der Waals surface area contributed by atoms with Crippen molar-refractivity contribution in [1.82, 2.24) is 9.97 Å². The van der Waals surface area contributed by atoms with Crippen LogP contribution < -0.4 is 44.0 Å². The third-order valence-electron chi connectivity index (χ3n) is 1.75. The summed E-state index contributed by atoms with van der Waals surface area (Å²) < 4.78 is 0. The van der Waals surface area contributed by atoms with Gasteiger partial charge in [0.1, 0.15) is 0 Å². The quantitative estimate of drug-likeness (QED) is 0.216. The molecule has 12 N–H and O–H groups in total. The van der Waals surface area contributed by atoms with E-state index in [9.17, 15) is 19.8 Å². The Morgan fingerprint density at radius 2 is 1.00 bits per heavy atom. The number of aromatic nitrogens is 2. The number of guanidine groups is 2. The maximum atomic E-state index is 10.0. The molecule has 12 nitrogen and oxygen atoms in total. The lowest BCUT2D eigenvalue weighted by molar-refractivity contribution is -0.256. The molecule has 140 valence electrons. The minimum absolute atomic E-state index is 0.0301. The average molecular weight is 364 g/mol. The van der Waals surface area contributed by atoms with E-state index in [1.54, 1.807) is 24.3 Å². The van der Waals surface area contributed by atoms with Crippen molar-refractivity contribution < 1.29 is 30.6 Å². The van der Waals surface area contributed by atoms with E-state index in [0.717, 1.165) is 0 Å². The number of rotatable bonds is 2. The van der Waals surface area contributed by atoms with Crippen molar-refractivity contribution >= 4 is 23.9 Å². The maximum Gasteiger partial charge on any atom is 0.336 e. The highest BCUT2D eigenvalue weighted by Crippen LogP contribution is 1.89. The van der Waals surface area contributed by atoms with E-state index in [4.69, 9.17) is 0 Å². The number of hydrogen-bond acceptors (Lipinski definition) is 6. The molecule has 0 atom stereocenters. The molecule has 0 bridgehead atoms. The molecule has 0 aliphatic heterocycles. The topological polar surface area (TPSA) is 261 Å². The first-order valence-electron chi connectivity index (χ1n) is 6.59. The lowest BCUT2D eigenvalue weighted by atomic mass is 10.4. The van der Waals surface area contributed by atoms with Gasteiger partial charge in [0.2, 0.25) is 0 Å². The van der Waals surface area contributed by atoms with Crippen molar-refractivity contribution in [3.8, 4) is 0 Å². The highest BCUT2D eigenvalue weighted by molar-refractivity contribution is 5.83. The summed E-state index contributed by atoms with van der Waals surface area (Å²) in [5, 5.41) is 29.2. The lowest BCUT2D eigenvalue weighted by Gasteiger charge is -1.96. The normalized spacial score (nSPS) is 8.00. The van der Waals surface area contributed by atoms with Gasteiger partial charge in [-0.15, -0.1) is 0 Å². The van der Waals surface area contributed by atoms with E-state index in [1.807, 2.05) is 0 Å². The van der Waals surface area contributed by atoms with Crippen LogP contribution in [0.5, 0.6) is 0 Å². The number of carbonyl (C=O) groups excluding carboxylic acids is 2. The van der Waals surface area contributed by atoms with Gasteiger partial charge in [-0.05, 0) is 24.3 Å². The molecule has 0 fully saturated rings. The van der Waals surface area contributed by atoms with Crippen LogP contribution in [0.3, 0.4) is 0 Å². The second-order valence-electron chi connectivity index (χ2n) is 4.00. The molecular weight excluding hydrogens is 344 g/mol. The highest BCUT2D eigenvalue weighted by atomic mass is 16.4. The Morgan fingerprint density at radius 3 is 1.12 bits per heavy atom. The minimum Gasteiger partial charge on any atom is -0.543 e. The van der Waals surface area contributed by atoms with Gasteiger partial charge in [0.05, 0.1) is 23.3 Å². The molecule has 0 saturated heterocycles.